The van der Waals surface area contributed by atoms with Gasteiger partial charge in [0.15, 0.2) is 0 Å². The molecule has 1 saturated heterocycles. The Morgan fingerprint density at radius 3 is 2.83 bits per heavy atom. The third-order valence-electron chi connectivity index (χ3n) is 2.82. The number of likely N-dealkylation sites (tertiary alicyclic amines) is 1. The minimum atomic E-state index is -1.14. The first-order chi connectivity index (χ1) is 8.50. The molecule has 1 aromatic heterocycles. The fraction of sp³-hybridized carbons (Fsp3) is 0.364. The monoisotopic (exact) mass is 270 g/mol. The molecule has 18 heavy (non-hydrogen) atoms. The molecule has 1 aliphatic rings. The van der Waals surface area contributed by atoms with Crippen LogP contribution < -0.4 is 0 Å². The molecule has 2 atom stereocenters. The number of aliphatic hydroxyl groups excluding tert-OH is 1. The molecule has 0 aromatic carbocycles. The molecule has 0 spiro atoms. The first-order valence-electron chi connectivity index (χ1n) is 5.32. The fourth-order valence-corrected chi connectivity index (χ4v) is 2.15. The van der Waals surface area contributed by atoms with Gasteiger partial charge in [0.1, 0.15) is 6.04 Å². The molecule has 1 aliphatic heterocycles. The van der Waals surface area contributed by atoms with Crippen molar-refractivity contribution in [1.82, 2.24) is 9.88 Å². The number of amides is 1. The number of nitrogens with zero attached hydrogens (tertiary/aromatic N) is 2. The van der Waals surface area contributed by atoms with Gasteiger partial charge < -0.3 is 15.1 Å². The number of carbonyl (C=O) groups is 2. The Balaban J connectivity index is 2.28. The highest BCUT2D eigenvalue weighted by Gasteiger charge is 2.39. The van der Waals surface area contributed by atoms with E-state index in [2.05, 4.69) is 4.98 Å². The summed E-state index contributed by atoms with van der Waals surface area (Å²) in [5, 5.41) is 18.7. The van der Waals surface area contributed by atoms with E-state index in [9.17, 15) is 14.7 Å². The van der Waals surface area contributed by atoms with Crippen molar-refractivity contribution in [1.29, 1.82) is 0 Å². The average Bonchev–Trinajstić information content (AvgIpc) is 2.71. The zero-order chi connectivity index (χ0) is 13.3. The van der Waals surface area contributed by atoms with Crippen molar-refractivity contribution in [3.63, 3.8) is 0 Å². The molecule has 2 rings (SSSR count). The zero-order valence-corrected chi connectivity index (χ0v) is 10.0. The smallest absolute Gasteiger partial charge is 0.326 e. The second kappa shape index (κ2) is 4.91. The number of rotatable bonds is 2. The number of halogens is 1. The molecule has 1 aromatic rings. The molecule has 0 bridgehead atoms. The maximum atomic E-state index is 12.2. The Kier molecular flexibility index (Phi) is 3.49. The summed E-state index contributed by atoms with van der Waals surface area (Å²) in [7, 11) is 0. The first kappa shape index (κ1) is 12.8. The van der Waals surface area contributed by atoms with Crippen LogP contribution >= 0.6 is 11.6 Å². The van der Waals surface area contributed by atoms with Gasteiger partial charge in [-0.3, -0.25) is 9.78 Å². The SMILES string of the molecule is O=C(O)[C@@H]1C[C@@H](O)CN1C(=O)c1cnccc1Cl. The van der Waals surface area contributed by atoms with E-state index in [0.717, 1.165) is 4.90 Å². The molecular formula is C11H11ClN2O4. The lowest BCUT2D eigenvalue weighted by Crippen LogP contribution is -2.40. The summed E-state index contributed by atoms with van der Waals surface area (Å²) in [6.45, 7) is -0.0129. The maximum Gasteiger partial charge on any atom is 0.326 e. The average molecular weight is 271 g/mol. The van der Waals surface area contributed by atoms with E-state index in [1.807, 2.05) is 0 Å². The van der Waals surface area contributed by atoms with Gasteiger partial charge in [-0.2, -0.15) is 0 Å². The summed E-state index contributed by atoms with van der Waals surface area (Å²) in [5.74, 6) is -1.67. The molecule has 1 fully saturated rings. The third kappa shape index (κ3) is 2.30. The second-order valence-corrected chi connectivity index (χ2v) is 4.46. The highest BCUT2D eigenvalue weighted by molar-refractivity contribution is 6.33. The van der Waals surface area contributed by atoms with Gasteiger partial charge in [0, 0.05) is 25.4 Å². The van der Waals surface area contributed by atoms with Crippen LogP contribution in [0, 0.1) is 0 Å². The van der Waals surface area contributed by atoms with E-state index in [1.165, 1.54) is 18.5 Å². The summed E-state index contributed by atoms with van der Waals surface area (Å²) in [4.78, 5) is 28.1. The predicted octanol–water partition coefficient (Wildman–Crippen LogP) is 0.395. The van der Waals surface area contributed by atoms with Crippen molar-refractivity contribution >= 4 is 23.5 Å². The summed E-state index contributed by atoms with van der Waals surface area (Å²) < 4.78 is 0. The van der Waals surface area contributed by atoms with Crippen LogP contribution in [-0.2, 0) is 4.79 Å². The Bertz CT molecular complexity index is 494. The van der Waals surface area contributed by atoms with E-state index in [0.29, 0.717) is 0 Å². The number of hydrogen-bond acceptors (Lipinski definition) is 4. The molecule has 0 aliphatic carbocycles. The molecule has 0 saturated carbocycles. The molecule has 2 heterocycles. The number of aromatic nitrogens is 1. The molecule has 6 nitrogen and oxygen atoms in total. The van der Waals surface area contributed by atoms with E-state index in [4.69, 9.17) is 16.7 Å². The minimum Gasteiger partial charge on any atom is -0.480 e. The minimum absolute atomic E-state index is 0.0129. The lowest BCUT2D eigenvalue weighted by atomic mass is 10.2. The molecule has 0 radical (unpaired) electrons. The zero-order valence-electron chi connectivity index (χ0n) is 9.28. The number of hydrogen-bond donors (Lipinski definition) is 2. The van der Waals surface area contributed by atoms with Gasteiger partial charge in [0.25, 0.3) is 5.91 Å². The topological polar surface area (TPSA) is 90.7 Å². The first-order valence-corrected chi connectivity index (χ1v) is 5.70. The largest absolute Gasteiger partial charge is 0.480 e. The van der Waals surface area contributed by atoms with Gasteiger partial charge in [0.05, 0.1) is 16.7 Å². The van der Waals surface area contributed by atoms with Crippen LogP contribution in [0.5, 0.6) is 0 Å². The number of pyridine rings is 1. The highest BCUT2D eigenvalue weighted by Crippen LogP contribution is 2.23. The molecule has 1 amide bonds. The van der Waals surface area contributed by atoms with Crippen LogP contribution in [0.1, 0.15) is 16.8 Å². The molecule has 96 valence electrons. The summed E-state index contributed by atoms with van der Waals surface area (Å²) in [5.41, 5.74) is 0.138. The Hall–Kier alpha value is -1.66. The van der Waals surface area contributed by atoms with E-state index in [1.54, 1.807) is 0 Å². The number of carbonyl (C=O) groups excluding carboxylic acids is 1. The standard InChI is InChI=1S/C11H11ClN2O4/c12-8-1-2-13-4-7(8)10(16)14-5-6(15)3-9(14)11(17)18/h1-2,4,6,9,15H,3,5H2,(H,17,18)/t6-,9+/m1/s1. The van der Waals surface area contributed by atoms with Crippen molar-refractivity contribution in [3.05, 3.63) is 29.0 Å². The van der Waals surface area contributed by atoms with Crippen LogP contribution in [0.4, 0.5) is 0 Å². The normalized spacial score (nSPS) is 23.1. The van der Waals surface area contributed by atoms with Crippen LogP contribution in [0.3, 0.4) is 0 Å². The lowest BCUT2D eigenvalue weighted by Gasteiger charge is -2.21. The Morgan fingerprint density at radius 2 is 2.22 bits per heavy atom. The van der Waals surface area contributed by atoms with Crippen molar-refractivity contribution in [2.45, 2.75) is 18.6 Å². The summed E-state index contributed by atoms with van der Waals surface area (Å²) >= 11 is 5.86. The van der Waals surface area contributed by atoms with Crippen LogP contribution in [-0.4, -0.2) is 50.7 Å². The number of carboxylic acids is 1. The quantitative estimate of drug-likeness (QED) is 0.811. The van der Waals surface area contributed by atoms with Crippen molar-refractivity contribution in [2.75, 3.05) is 6.54 Å². The Labute approximate surface area is 108 Å². The van der Waals surface area contributed by atoms with Gasteiger partial charge >= 0.3 is 5.97 Å². The van der Waals surface area contributed by atoms with Gasteiger partial charge in [-0.15, -0.1) is 0 Å². The number of β-amino-alcohol motifs (C(OH)–C–C–N with tert-alkyl or cyclic N) is 1. The maximum absolute atomic E-state index is 12.2. The van der Waals surface area contributed by atoms with Gasteiger partial charge in [-0.25, -0.2) is 4.79 Å². The number of aliphatic carboxylic acids is 1. The third-order valence-corrected chi connectivity index (χ3v) is 3.15. The van der Waals surface area contributed by atoms with Crippen LogP contribution in [0.25, 0.3) is 0 Å². The van der Waals surface area contributed by atoms with Crippen LogP contribution in [0.2, 0.25) is 5.02 Å². The number of carboxylic acid groups (broad SMARTS) is 1. The fourth-order valence-electron chi connectivity index (χ4n) is 1.96. The van der Waals surface area contributed by atoms with Gasteiger partial charge in [0.2, 0.25) is 0 Å². The van der Waals surface area contributed by atoms with Crippen molar-refractivity contribution < 1.29 is 19.8 Å². The van der Waals surface area contributed by atoms with E-state index >= 15 is 0 Å². The van der Waals surface area contributed by atoms with Crippen molar-refractivity contribution in [2.24, 2.45) is 0 Å². The van der Waals surface area contributed by atoms with Gasteiger partial charge in [-0.05, 0) is 6.07 Å². The summed E-state index contributed by atoms with van der Waals surface area (Å²) in [6, 6.07) is 0.431. The molecule has 0 unspecified atom stereocenters. The lowest BCUT2D eigenvalue weighted by molar-refractivity contribution is -0.141. The number of aliphatic hydroxyl groups is 1. The highest BCUT2D eigenvalue weighted by atomic mass is 35.5. The molecule has 7 heteroatoms. The summed E-state index contributed by atoms with van der Waals surface area (Å²) in [6.07, 6.45) is 1.92. The van der Waals surface area contributed by atoms with Crippen molar-refractivity contribution in [3.8, 4) is 0 Å². The Morgan fingerprint density at radius 1 is 1.50 bits per heavy atom. The molecule has 2 N–H and O–H groups in total. The van der Waals surface area contributed by atoms with E-state index < -0.39 is 24.0 Å². The van der Waals surface area contributed by atoms with Crippen LogP contribution in [0.15, 0.2) is 18.5 Å². The van der Waals surface area contributed by atoms with E-state index in [-0.39, 0.29) is 23.6 Å². The van der Waals surface area contributed by atoms with Gasteiger partial charge in [-0.1, -0.05) is 11.6 Å². The second-order valence-electron chi connectivity index (χ2n) is 4.06. The predicted molar refractivity (Wildman–Crippen MR) is 62.3 cm³/mol. The molecular weight excluding hydrogens is 260 g/mol.